The lowest BCUT2D eigenvalue weighted by atomic mass is 10.00. The van der Waals surface area contributed by atoms with Crippen molar-refractivity contribution in [3.05, 3.63) is 65.3 Å². The predicted molar refractivity (Wildman–Crippen MR) is 112 cm³/mol. The molecule has 28 heavy (non-hydrogen) atoms. The zero-order valence-corrected chi connectivity index (χ0v) is 16.1. The maximum Gasteiger partial charge on any atom is 0.223 e. The largest absolute Gasteiger partial charge is 0.354 e. The van der Waals surface area contributed by atoms with Crippen molar-refractivity contribution in [1.29, 1.82) is 5.26 Å². The van der Waals surface area contributed by atoms with Crippen LogP contribution in [0, 0.1) is 17.2 Å². The molecule has 5 nitrogen and oxygen atoms in total. The van der Waals surface area contributed by atoms with Crippen molar-refractivity contribution < 1.29 is 0 Å². The maximum absolute atomic E-state index is 9.07. The number of hydrogen-bond acceptors (Lipinski definition) is 5. The average Bonchev–Trinajstić information content (AvgIpc) is 3.27. The lowest BCUT2D eigenvalue weighted by molar-refractivity contribution is 0.613. The average molecular weight is 390 g/mol. The lowest BCUT2D eigenvalue weighted by Crippen LogP contribution is -2.18. The summed E-state index contributed by atoms with van der Waals surface area (Å²) in [7, 11) is 0. The summed E-state index contributed by atoms with van der Waals surface area (Å²) in [4.78, 5) is 9.33. The Morgan fingerprint density at radius 3 is 2.54 bits per heavy atom. The second-order valence-electron chi connectivity index (χ2n) is 6.89. The van der Waals surface area contributed by atoms with Gasteiger partial charge in [0.15, 0.2) is 0 Å². The van der Waals surface area contributed by atoms with E-state index in [1.165, 1.54) is 6.42 Å². The first-order chi connectivity index (χ1) is 13.7. The summed E-state index contributed by atoms with van der Waals surface area (Å²) in [5.74, 6) is 1.21. The third kappa shape index (κ3) is 4.14. The number of anilines is 1. The molecule has 1 aromatic heterocycles. The molecule has 1 aliphatic rings. The van der Waals surface area contributed by atoms with E-state index < -0.39 is 0 Å². The van der Waals surface area contributed by atoms with Crippen molar-refractivity contribution in [2.24, 2.45) is 5.92 Å². The van der Waals surface area contributed by atoms with Gasteiger partial charge < -0.3 is 10.6 Å². The van der Waals surface area contributed by atoms with Crippen LogP contribution in [0.4, 0.5) is 5.95 Å². The van der Waals surface area contributed by atoms with E-state index in [9.17, 15) is 0 Å². The summed E-state index contributed by atoms with van der Waals surface area (Å²) in [6.07, 6.45) is 3.01. The standard InChI is InChI=1S/C22H20ClN5/c23-19-7-5-17(6-8-19)20-14-27-22(26-13-16-9-10-25-12-16)28-21(20)18-3-1-15(11-24)2-4-18/h1-8,14,16,25H,9-10,12-13H2,(H,26,27,28)/t16-/m0/s1. The molecule has 0 saturated carbocycles. The van der Waals surface area contributed by atoms with E-state index in [-0.39, 0.29) is 0 Å². The quantitative estimate of drug-likeness (QED) is 0.678. The summed E-state index contributed by atoms with van der Waals surface area (Å²) in [5.41, 5.74) is 4.31. The van der Waals surface area contributed by atoms with Gasteiger partial charge in [0.25, 0.3) is 0 Å². The van der Waals surface area contributed by atoms with E-state index in [2.05, 4.69) is 21.7 Å². The van der Waals surface area contributed by atoms with Gasteiger partial charge in [-0.15, -0.1) is 0 Å². The van der Waals surface area contributed by atoms with Crippen LogP contribution in [0.3, 0.4) is 0 Å². The predicted octanol–water partition coefficient (Wildman–Crippen LogP) is 4.36. The molecule has 0 aliphatic carbocycles. The second-order valence-corrected chi connectivity index (χ2v) is 7.33. The third-order valence-corrected chi connectivity index (χ3v) is 5.19. The number of nitrogens with zero attached hydrogens (tertiary/aromatic N) is 3. The molecule has 0 bridgehead atoms. The van der Waals surface area contributed by atoms with Crippen LogP contribution in [0.25, 0.3) is 22.4 Å². The van der Waals surface area contributed by atoms with Crippen molar-refractivity contribution in [1.82, 2.24) is 15.3 Å². The van der Waals surface area contributed by atoms with E-state index >= 15 is 0 Å². The fourth-order valence-corrected chi connectivity index (χ4v) is 3.48. The molecule has 0 radical (unpaired) electrons. The smallest absolute Gasteiger partial charge is 0.223 e. The van der Waals surface area contributed by atoms with Crippen molar-refractivity contribution in [3.8, 4) is 28.5 Å². The van der Waals surface area contributed by atoms with Crippen LogP contribution in [-0.4, -0.2) is 29.6 Å². The second kappa shape index (κ2) is 8.39. The molecular weight excluding hydrogens is 370 g/mol. The molecule has 1 fully saturated rings. The maximum atomic E-state index is 9.07. The fraction of sp³-hybridized carbons (Fsp3) is 0.227. The normalized spacial score (nSPS) is 15.9. The van der Waals surface area contributed by atoms with E-state index in [1.807, 2.05) is 42.6 Å². The highest BCUT2D eigenvalue weighted by Gasteiger charge is 2.16. The Kier molecular flexibility index (Phi) is 5.52. The highest BCUT2D eigenvalue weighted by molar-refractivity contribution is 6.30. The van der Waals surface area contributed by atoms with Crippen LogP contribution in [0.1, 0.15) is 12.0 Å². The SMILES string of the molecule is N#Cc1ccc(-c2nc(NC[C@H]3CCNC3)ncc2-c2ccc(Cl)cc2)cc1. The number of hydrogen-bond donors (Lipinski definition) is 2. The molecule has 6 heteroatoms. The van der Waals surface area contributed by atoms with Crippen molar-refractivity contribution in [2.75, 3.05) is 25.0 Å². The summed E-state index contributed by atoms with van der Waals surface area (Å²) in [5, 5.41) is 16.5. The summed E-state index contributed by atoms with van der Waals surface area (Å²) in [6.45, 7) is 2.94. The van der Waals surface area contributed by atoms with Gasteiger partial charge in [0.2, 0.25) is 5.95 Å². The molecule has 0 amide bonds. The van der Waals surface area contributed by atoms with Crippen molar-refractivity contribution >= 4 is 17.5 Å². The number of aromatic nitrogens is 2. The first-order valence-corrected chi connectivity index (χ1v) is 9.69. The molecule has 0 unspecified atom stereocenters. The first-order valence-electron chi connectivity index (χ1n) is 9.31. The Morgan fingerprint density at radius 2 is 1.86 bits per heavy atom. The third-order valence-electron chi connectivity index (χ3n) is 4.94. The molecular formula is C22H20ClN5. The number of rotatable bonds is 5. The van der Waals surface area contributed by atoms with E-state index in [0.29, 0.717) is 22.5 Å². The fourth-order valence-electron chi connectivity index (χ4n) is 3.35. The molecule has 2 heterocycles. The lowest BCUT2D eigenvalue weighted by Gasteiger charge is -2.14. The summed E-state index contributed by atoms with van der Waals surface area (Å²) < 4.78 is 0. The highest BCUT2D eigenvalue weighted by Crippen LogP contribution is 2.31. The zero-order valence-electron chi connectivity index (χ0n) is 15.3. The zero-order chi connectivity index (χ0) is 19.3. The Bertz CT molecular complexity index is 987. The minimum absolute atomic E-state index is 0.595. The van der Waals surface area contributed by atoms with Gasteiger partial charge in [0.05, 0.1) is 17.3 Å². The Morgan fingerprint density at radius 1 is 1.11 bits per heavy atom. The van der Waals surface area contributed by atoms with Gasteiger partial charge in [-0.25, -0.2) is 9.97 Å². The molecule has 0 spiro atoms. The van der Waals surface area contributed by atoms with Gasteiger partial charge in [0, 0.05) is 28.9 Å². The van der Waals surface area contributed by atoms with Crippen LogP contribution in [0.15, 0.2) is 54.7 Å². The van der Waals surface area contributed by atoms with E-state index in [4.69, 9.17) is 21.8 Å². The van der Waals surface area contributed by atoms with Gasteiger partial charge >= 0.3 is 0 Å². The number of benzene rings is 2. The van der Waals surface area contributed by atoms with Crippen molar-refractivity contribution in [2.45, 2.75) is 6.42 Å². The van der Waals surface area contributed by atoms with Crippen LogP contribution in [0.5, 0.6) is 0 Å². The molecule has 4 rings (SSSR count). The molecule has 2 N–H and O–H groups in total. The molecule has 1 saturated heterocycles. The Balaban J connectivity index is 1.69. The number of nitriles is 1. The van der Waals surface area contributed by atoms with Gasteiger partial charge in [-0.1, -0.05) is 35.9 Å². The molecule has 1 aliphatic heterocycles. The molecule has 140 valence electrons. The number of halogens is 1. The Labute approximate surface area is 169 Å². The topological polar surface area (TPSA) is 73.6 Å². The van der Waals surface area contributed by atoms with Gasteiger partial charge in [-0.2, -0.15) is 5.26 Å². The van der Waals surface area contributed by atoms with Gasteiger partial charge in [-0.3, -0.25) is 0 Å². The van der Waals surface area contributed by atoms with Gasteiger partial charge in [0.1, 0.15) is 0 Å². The van der Waals surface area contributed by atoms with Crippen molar-refractivity contribution in [3.63, 3.8) is 0 Å². The Hall–Kier alpha value is -2.94. The minimum Gasteiger partial charge on any atom is -0.354 e. The molecule has 1 atom stereocenters. The summed E-state index contributed by atoms with van der Waals surface area (Å²) >= 11 is 6.04. The summed E-state index contributed by atoms with van der Waals surface area (Å²) in [6, 6.07) is 17.3. The van der Waals surface area contributed by atoms with E-state index in [0.717, 1.165) is 42.0 Å². The van der Waals surface area contributed by atoms with Crippen LogP contribution >= 0.6 is 11.6 Å². The van der Waals surface area contributed by atoms with E-state index in [1.54, 1.807) is 12.1 Å². The minimum atomic E-state index is 0.595. The van der Waals surface area contributed by atoms with Gasteiger partial charge in [-0.05, 0) is 55.3 Å². The molecule has 2 aromatic carbocycles. The number of nitrogens with one attached hydrogen (secondary N) is 2. The molecule has 3 aromatic rings. The monoisotopic (exact) mass is 389 g/mol. The highest BCUT2D eigenvalue weighted by atomic mass is 35.5. The van der Waals surface area contributed by atoms with Crippen LogP contribution in [-0.2, 0) is 0 Å². The first kappa shape index (κ1) is 18.4. The van der Waals surface area contributed by atoms with Crippen LogP contribution < -0.4 is 10.6 Å². The van der Waals surface area contributed by atoms with Crippen LogP contribution in [0.2, 0.25) is 5.02 Å².